The van der Waals surface area contributed by atoms with Crippen molar-refractivity contribution in [2.75, 3.05) is 0 Å². The third-order valence-electron chi connectivity index (χ3n) is 4.33. The molecular formula is C20H23N5O. The molecule has 2 aromatic heterocycles. The third-order valence-corrected chi connectivity index (χ3v) is 4.33. The molecule has 1 aliphatic rings. The third kappa shape index (κ3) is 4.14. The fraction of sp³-hybridized carbons (Fsp3) is 0.300. The van der Waals surface area contributed by atoms with Crippen LogP contribution in [0.2, 0.25) is 0 Å². The van der Waals surface area contributed by atoms with Gasteiger partial charge < -0.3 is 11.1 Å². The van der Waals surface area contributed by atoms with Gasteiger partial charge in [-0.25, -0.2) is 9.98 Å². The van der Waals surface area contributed by atoms with Gasteiger partial charge in [0.2, 0.25) is 0 Å². The van der Waals surface area contributed by atoms with Crippen molar-refractivity contribution in [3.63, 3.8) is 0 Å². The van der Waals surface area contributed by atoms with Crippen LogP contribution in [0.5, 0.6) is 0 Å². The van der Waals surface area contributed by atoms with Crippen molar-refractivity contribution in [2.45, 2.75) is 39.2 Å². The predicted molar refractivity (Wildman–Crippen MR) is 102 cm³/mol. The number of aromatic nitrogens is 2. The lowest BCUT2D eigenvalue weighted by Crippen LogP contribution is -2.41. The quantitative estimate of drug-likeness (QED) is 0.891. The molecule has 6 nitrogen and oxygen atoms in total. The van der Waals surface area contributed by atoms with Gasteiger partial charge in [0.15, 0.2) is 5.82 Å². The van der Waals surface area contributed by atoms with Crippen molar-refractivity contribution in [1.82, 2.24) is 15.3 Å². The summed E-state index contributed by atoms with van der Waals surface area (Å²) in [7, 11) is 0. The largest absolute Gasteiger partial charge is 0.404 e. The number of carbonyl (C=O) groups is 1. The van der Waals surface area contributed by atoms with E-state index in [1.54, 1.807) is 30.6 Å². The van der Waals surface area contributed by atoms with Gasteiger partial charge in [-0.1, -0.05) is 6.07 Å². The van der Waals surface area contributed by atoms with Crippen LogP contribution in [0, 0.1) is 13.8 Å². The monoisotopic (exact) mass is 349 g/mol. The van der Waals surface area contributed by atoms with Crippen molar-refractivity contribution in [3.05, 3.63) is 65.3 Å². The Labute approximate surface area is 153 Å². The zero-order valence-corrected chi connectivity index (χ0v) is 15.1. The number of pyridine rings is 2. The molecule has 26 heavy (non-hydrogen) atoms. The number of hydrogen-bond acceptors (Lipinski definition) is 5. The lowest BCUT2D eigenvalue weighted by atomic mass is 9.88. The maximum absolute atomic E-state index is 12.4. The smallest absolute Gasteiger partial charge is 0.270 e. The molecule has 0 aliphatic heterocycles. The number of nitrogens with two attached hydrogens (primary N) is 1. The van der Waals surface area contributed by atoms with Crippen molar-refractivity contribution in [2.24, 2.45) is 10.7 Å². The fourth-order valence-electron chi connectivity index (χ4n) is 3.20. The van der Waals surface area contributed by atoms with Crippen LogP contribution < -0.4 is 11.1 Å². The highest BCUT2D eigenvalue weighted by Crippen LogP contribution is 2.24. The number of nitrogens with zero attached hydrogens (tertiary/aromatic N) is 3. The van der Waals surface area contributed by atoms with Crippen LogP contribution in [0.3, 0.4) is 0 Å². The van der Waals surface area contributed by atoms with Crippen molar-refractivity contribution in [1.29, 1.82) is 0 Å². The van der Waals surface area contributed by atoms with Crippen LogP contribution >= 0.6 is 0 Å². The maximum Gasteiger partial charge on any atom is 0.270 e. The Morgan fingerprint density at radius 2 is 2.19 bits per heavy atom. The number of carbonyl (C=O) groups excluding carboxylic acids is 1. The van der Waals surface area contributed by atoms with Crippen LogP contribution in [0.25, 0.3) is 0 Å². The summed E-state index contributed by atoms with van der Waals surface area (Å²) in [6.07, 6.45) is 5.71. The van der Waals surface area contributed by atoms with Crippen LogP contribution in [0.4, 0.5) is 5.82 Å². The van der Waals surface area contributed by atoms with Gasteiger partial charge in [-0.05, 0) is 62.9 Å². The van der Waals surface area contributed by atoms with Gasteiger partial charge in [0.05, 0.1) is 6.04 Å². The zero-order chi connectivity index (χ0) is 18.5. The van der Waals surface area contributed by atoms with E-state index in [0.29, 0.717) is 11.5 Å². The summed E-state index contributed by atoms with van der Waals surface area (Å²) in [5, 5.41) is 3.02. The van der Waals surface area contributed by atoms with E-state index in [2.05, 4.69) is 15.3 Å². The molecule has 0 saturated heterocycles. The minimum atomic E-state index is -0.208. The van der Waals surface area contributed by atoms with Crippen molar-refractivity contribution >= 4 is 17.4 Å². The molecule has 2 aromatic rings. The maximum atomic E-state index is 12.4. The summed E-state index contributed by atoms with van der Waals surface area (Å²) in [5.41, 5.74) is 10.0. The Morgan fingerprint density at radius 3 is 2.88 bits per heavy atom. The molecule has 1 atom stereocenters. The van der Waals surface area contributed by atoms with E-state index < -0.39 is 0 Å². The number of nitrogens with one attached hydrogen (secondary N) is 1. The highest BCUT2D eigenvalue weighted by atomic mass is 16.1. The Morgan fingerprint density at radius 1 is 1.35 bits per heavy atom. The normalized spacial score (nSPS) is 20.3. The Bertz CT molecular complexity index is 838. The first-order chi connectivity index (χ1) is 12.6. The highest BCUT2D eigenvalue weighted by Gasteiger charge is 2.26. The molecule has 2 heterocycles. The number of hydrogen-bond donors (Lipinski definition) is 2. The lowest BCUT2D eigenvalue weighted by molar-refractivity contribution is 0.0936. The van der Waals surface area contributed by atoms with E-state index in [1.807, 2.05) is 26.0 Å². The van der Waals surface area contributed by atoms with E-state index >= 15 is 0 Å². The SMILES string of the molecule is Cc1cc(C)nc(/N=C2\CCCC(NC(=O)c3ccccn3)\C2=C\N)c1. The summed E-state index contributed by atoms with van der Waals surface area (Å²) >= 11 is 0. The summed E-state index contributed by atoms with van der Waals surface area (Å²) in [6.45, 7) is 3.97. The van der Waals surface area contributed by atoms with Gasteiger partial charge in [-0.15, -0.1) is 0 Å². The average molecular weight is 349 g/mol. The second-order valence-electron chi connectivity index (χ2n) is 6.46. The standard InChI is InChI=1S/C20H23N5O/c1-13-10-14(2)23-19(11-13)24-16-7-5-8-17(15(16)12-21)25-20(26)18-6-3-4-9-22-18/h3-4,6,9-12,17H,5,7-8,21H2,1-2H3,(H,25,26)/b15-12+,24-16+. The van der Waals surface area contributed by atoms with Gasteiger partial charge >= 0.3 is 0 Å². The van der Waals surface area contributed by atoms with Crippen LogP contribution in [-0.4, -0.2) is 27.6 Å². The van der Waals surface area contributed by atoms with Gasteiger partial charge in [-0.2, -0.15) is 0 Å². The first-order valence-electron chi connectivity index (χ1n) is 8.73. The van der Waals surface area contributed by atoms with E-state index in [0.717, 1.165) is 41.8 Å². The number of aryl methyl sites for hydroxylation is 2. The first-order valence-corrected chi connectivity index (χ1v) is 8.73. The minimum absolute atomic E-state index is 0.173. The molecule has 1 saturated carbocycles. The summed E-state index contributed by atoms with van der Waals surface area (Å²) in [5.74, 6) is 0.467. The molecule has 0 spiro atoms. The Hall–Kier alpha value is -3.02. The van der Waals surface area contributed by atoms with Crippen LogP contribution in [-0.2, 0) is 0 Å². The molecule has 6 heteroatoms. The molecule has 3 N–H and O–H groups in total. The molecule has 134 valence electrons. The average Bonchev–Trinajstić information content (AvgIpc) is 2.62. The second kappa shape index (κ2) is 7.91. The topological polar surface area (TPSA) is 93.3 Å². The Balaban J connectivity index is 1.83. The van der Waals surface area contributed by atoms with Crippen molar-refractivity contribution < 1.29 is 4.79 Å². The first kappa shape index (κ1) is 17.8. The molecule has 1 unspecified atom stereocenters. The van der Waals surface area contributed by atoms with Gasteiger partial charge in [-0.3, -0.25) is 9.78 Å². The molecule has 0 radical (unpaired) electrons. The molecule has 0 bridgehead atoms. The molecule has 1 amide bonds. The van der Waals surface area contributed by atoms with Crippen LogP contribution in [0.1, 0.15) is 41.0 Å². The van der Waals surface area contributed by atoms with E-state index in [4.69, 9.17) is 10.7 Å². The fourth-order valence-corrected chi connectivity index (χ4v) is 3.20. The van der Waals surface area contributed by atoms with Gasteiger partial charge in [0.25, 0.3) is 5.91 Å². The lowest BCUT2D eigenvalue weighted by Gasteiger charge is -2.27. The number of aliphatic imine (C=N–C) groups is 1. The molecule has 0 aromatic carbocycles. The van der Waals surface area contributed by atoms with Gasteiger partial charge in [0, 0.05) is 29.4 Å². The number of rotatable bonds is 3. The Kier molecular flexibility index (Phi) is 5.41. The van der Waals surface area contributed by atoms with E-state index in [-0.39, 0.29) is 11.9 Å². The zero-order valence-electron chi connectivity index (χ0n) is 15.1. The molecule has 1 fully saturated rings. The summed E-state index contributed by atoms with van der Waals surface area (Å²) in [4.78, 5) is 25.7. The second-order valence-corrected chi connectivity index (χ2v) is 6.46. The summed E-state index contributed by atoms with van der Waals surface area (Å²) < 4.78 is 0. The van der Waals surface area contributed by atoms with E-state index in [9.17, 15) is 4.79 Å². The van der Waals surface area contributed by atoms with E-state index in [1.165, 1.54) is 0 Å². The highest BCUT2D eigenvalue weighted by molar-refractivity contribution is 6.04. The molecular weight excluding hydrogens is 326 g/mol. The predicted octanol–water partition coefficient (Wildman–Crippen LogP) is 2.99. The molecule has 1 aliphatic carbocycles. The minimum Gasteiger partial charge on any atom is -0.404 e. The molecule has 3 rings (SSSR count). The van der Waals surface area contributed by atoms with Crippen LogP contribution in [0.15, 0.2) is 53.3 Å². The summed E-state index contributed by atoms with van der Waals surface area (Å²) in [6, 6.07) is 9.06. The van der Waals surface area contributed by atoms with Gasteiger partial charge in [0.1, 0.15) is 5.69 Å². The number of amides is 1. The van der Waals surface area contributed by atoms with Crippen molar-refractivity contribution in [3.8, 4) is 0 Å².